The molecule has 1 fully saturated rings. The van der Waals surface area contributed by atoms with E-state index < -0.39 is 6.04 Å². The maximum absolute atomic E-state index is 13.4. The lowest BCUT2D eigenvalue weighted by Crippen LogP contribution is -2.30. The molecule has 1 saturated carbocycles. The number of phenols is 1. The van der Waals surface area contributed by atoms with Gasteiger partial charge in [-0.2, -0.15) is 0 Å². The Kier molecular flexibility index (Phi) is 7.98. The number of amides is 1. The van der Waals surface area contributed by atoms with Crippen molar-refractivity contribution in [2.45, 2.75) is 44.2 Å². The number of carbonyl (C=O) groups excluding carboxylic acids is 1. The van der Waals surface area contributed by atoms with Gasteiger partial charge in [-0.1, -0.05) is 24.3 Å². The lowest BCUT2D eigenvalue weighted by molar-refractivity contribution is 0.0936. The maximum Gasteiger partial charge on any atom is 0.251 e. The van der Waals surface area contributed by atoms with Crippen molar-refractivity contribution in [2.75, 3.05) is 14.2 Å². The van der Waals surface area contributed by atoms with E-state index in [9.17, 15) is 9.90 Å². The minimum absolute atomic E-state index is 0.111. The minimum atomic E-state index is -0.510. The van der Waals surface area contributed by atoms with Crippen LogP contribution in [0.5, 0.6) is 17.2 Å². The van der Waals surface area contributed by atoms with Gasteiger partial charge >= 0.3 is 0 Å². The summed E-state index contributed by atoms with van der Waals surface area (Å²) in [4.78, 5) is 22.0. The van der Waals surface area contributed by atoms with Crippen LogP contribution in [0.1, 0.15) is 59.6 Å². The number of carbonyl (C=O) groups is 1. The zero-order valence-electron chi connectivity index (χ0n) is 20.1. The summed E-state index contributed by atoms with van der Waals surface area (Å²) in [5.74, 6) is 0.998. The Morgan fingerprint density at radius 1 is 1.11 bits per heavy atom. The fourth-order valence-corrected chi connectivity index (χ4v) is 4.42. The second-order valence-corrected chi connectivity index (χ2v) is 8.59. The van der Waals surface area contributed by atoms with Gasteiger partial charge < -0.3 is 19.9 Å². The first-order valence-corrected chi connectivity index (χ1v) is 11.9. The van der Waals surface area contributed by atoms with Crippen LogP contribution in [-0.4, -0.2) is 42.0 Å². The molecule has 0 saturated heterocycles. The van der Waals surface area contributed by atoms with E-state index in [1.165, 1.54) is 0 Å². The van der Waals surface area contributed by atoms with Gasteiger partial charge in [-0.15, -0.1) is 0 Å². The first-order valence-electron chi connectivity index (χ1n) is 11.9. The molecule has 4 rings (SSSR count). The molecule has 0 aliphatic heterocycles. The summed E-state index contributed by atoms with van der Waals surface area (Å²) >= 11 is 0. The van der Waals surface area contributed by atoms with Crippen molar-refractivity contribution in [3.63, 3.8) is 0 Å². The number of hydrogen-bond acceptors (Lipinski definition) is 6. The van der Waals surface area contributed by atoms with Crippen molar-refractivity contribution < 1.29 is 19.4 Å². The van der Waals surface area contributed by atoms with Crippen molar-refractivity contribution >= 4 is 11.6 Å². The number of benzene rings is 2. The molecule has 7 heteroatoms. The highest BCUT2D eigenvalue weighted by atomic mass is 16.5. The number of ether oxygens (including phenoxy) is 2. The number of methoxy groups -OCH3 is 1. The first-order chi connectivity index (χ1) is 17.1. The number of nitrogens with one attached hydrogen (secondary N) is 1. The Balaban J connectivity index is 1.60. The van der Waals surface area contributed by atoms with E-state index in [1.807, 2.05) is 18.2 Å². The lowest BCUT2D eigenvalue weighted by atomic mass is 9.96. The lowest BCUT2D eigenvalue weighted by Gasteiger charge is -2.22. The number of aromatic nitrogens is 1. The van der Waals surface area contributed by atoms with Crippen LogP contribution in [0.4, 0.5) is 0 Å². The monoisotopic (exact) mass is 473 g/mol. The summed E-state index contributed by atoms with van der Waals surface area (Å²) in [7, 11) is 3.30. The molecule has 35 heavy (non-hydrogen) atoms. The van der Waals surface area contributed by atoms with Gasteiger partial charge in [0.25, 0.3) is 5.91 Å². The number of phenolic OH excluding ortho intramolecular Hbond substituents is 1. The molecule has 1 atom stereocenters. The third-order valence-electron chi connectivity index (χ3n) is 6.30. The molecule has 7 nitrogen and oxygen atoms in total. The molecule has 0 radical (unpaired) electrons. The first kappa shape index (κ1) is 24.3. The molecule has 182 valence electrons. The quantitative estimate of drug-likeness (QED) is 0.422. The number of aromatic hydroxyl groups is 1. The van der Waals surface area contributed by atoms with E-state index in [2.05, 4.69) is 15.3 Å². The standard InChI is InChI=1S/C28H31N3O4/c1-29-23(20-8-7-15-30-18-20)17-24(22-11-5-6-12-25(22)32)31-28(33)19-13-14-26(34-2)27(16-19)35-21-9-3-4-10-21/h5-8,11-16,18,21,24,32H,3-4,9-10,17H2,1-2H3,(H,31,33). The number of rotatable bonds is 9. The van der Waals surface area contributed by atoms with Gasteiger partial charge in [0.15, 0.2) is 11.5 Å². The molecule has 1 aliphatic carbocycles. The van der Waals surface area contributed by atoms with E-state index in [0.717, 1.165) is 37.0 Å². The molecule has 1 amide bonds. The molecule has 1 unspecified atom stereocenters. The second-order valence-electron chi connectivity index (χ2n) is 8.59. The summed E-state index contributed by atoms with van der Waals surface area (Å²) in [6.45, 7) is 0. The van der Waals surface area contributed by atoms with Gasteiger partial charge in [-0.3, -0.25) is 14.8 Å². The summed E-state index contributed by atoms with van der Waals surface area (Å²) in [6.07, 6.45) is 8.26. The van der Waals surface area contributed by atoms with Crippen molar-refractivity contribution in [1.29, 1.82) is 0 Å². The molecule has 0 spiro atoms. The van der Waals surface area contributed by atoms with E-state index in [-0.39, 0.29) is 17.8 Å². The predicted molar refractivity (Wildman–Crippen MR) is 136 cm³/mol. The Morgan fingerprint density at radius 2 is 1.91 bits per heavy atom. The highest BCUT2D eigenvalue weighted by Gasteiger charge is 2.23. The largest absolute Gasteiger partial charge is 0.508 e. The Labute approximate surface area is 205 Å². The molecule has 2 N–H and O–H groups in total. The van der Waals surface area contributed by atoms with Crippen LogP contribution in [0, 0.1) is 0 Å². The fourth-order valence-electron chi connectivity index (χ4n) is 4.42. The van der Waals surface area contributed by atoms with Crippen LogP contribution in [-0.2, 0) is 0 Å². The maximum atomic E-state index is 13.4. The molecule has 0 bridgehead atoms. The Hall–Kier alpha value is -3.87. The third kappa shape index (κ3) is 5.98. The fraction of sp³-hybridized carbons (Fsp3) is 0.321. The average Bonchev–Trinajstić information content (AvgIpc) is 3.40. The zero-order chi connectivity index (χ0) is 24.6. The molecule has 3 aromatic rings. The van der Waals surface area contributed by atoms with Crippen LogP contribution in [0.2, 0.25) is 0 Å². The highest BCUT2D eigenvalue weighted by Crippen LogP contribution is 2.33. The van der Waals surface area contributed by atoms with Crippen molar-refractivity contribution in [3.05, 3.63) is 83.7 Å². The van der Waals surface area contributed by atoms with Gasteiger partial charge in [0.05, 0.1) is 19.3 Å². The summed E-state index contributed by atoms with van der Waals surface area (Å²) in [5, 5.41) is 13.6. The average molecular weight is 474 g/mol. The molecular weight excluding hydrogens is 442 g/mol. The SMILES string of the molecule is CN=C(CC(NC(=O)c1ccc(OC)c(OC2CCCC2)c1)c1ccccc1O)c1cccnc1. The molecule has 2 aromatic carbocycles. The molecular formula is C28H31N3O4. The number of para-hydroxylation sites is 1. The number of aliphatic imine (C=N–C) groups is 1. The second kappa shape index (κ2) is 11.5. The molecule has 1 aromatic heterocycles. The smallest absolute Gasteiger partial charge is 0.251 e. The van der Waals surface area contributed by atoms with Gasteiger partial charge in [-0.25, -0.2) is 0 Å². The van der Waals surface area contributed by atoms with Crippen molar-refractivity contribution in [2.24, 2.45) is 4.99 Å². The topological polar surface area (TPSA) is 93.0 Å². The number of pyridine rings is 1. The summed E-state index contributed by atoms with van der Waals surface area (Å²) in [5.41, 5.74) is 2.70. The van der Waals surface area contributed by atoms with Crippen LogP contribution in [0.3, 0.4) is 0 Å². The van der Waals surface area contributed by atoms with Crippen molar-refractivity contribution in [1.82, 2.24) is 10.3 Å². The summed E-state index contributed by atoms with van der Waals surface area (Å²) in [6, 6.07) is 15.5. The third-order valence-corrected chi connectivity index (χ3v) is 6.30. The van der Waals surface area contributed by atoms with E-state index in [0.29, 0.717) is 29.0 Å². The van der Waals surface area contributed by atoms with Crippen LogP contribution < -0.4 is 14.8 Å². The van der Waals surface area contributed by atoms with Gasteiger partial charge in [0.2, 0.25) is 0 Å². The number of hydrogen-bond donors (Lipinski definition) is 2. The predicted octanol–water partition coefficient (Wildman–Crippen LogP) is 5.10. The summed E-state index contributed by atoms with van der Waals surface area (Å²) < 4.78 is 11.6. The van der Waals surface area contributed by atoms with E-state index in [1.54, 1.807) is 62.9 Å². The van der Waals surface area contributed by atoms with Crippen LogP contribution >= 0.6 is 0 Å². The van der Waals surface area contributed by atoms with Gasteiger partial charge in [-0.05, 0) is 56.0 Å². The van der Waals surface area contributed by atoms with Gasteiger partial charge in [0, 0.05) is 48.3 Å². The normalized spacial score (nSPS) is 15.0. The molecule has 1 heterocycles. The Morgan fingerprint density at radius 3 is 2.60 bits per heavy atom. The van der Waals surface area contributed by atoms with Gasteiger partial charge in [0.1, 0.15) is 5.75 Å². The minimum Gasteiger partial charge on any atom is -0.508 e. The highest BCUT2D eigenvalue weighted by molar-refractivity contribution is 6.01. The molecule has 1 aliphatic rings. The number of nitrogens with zero attached hydrogens (tertiary/aromatic N) is 2. The van der Waals surface area contributed by atoms with Crippen molar-refractivity contribution in [3.8, 4) is 17.2 Å². The van der Waals surface area contributed by atoms with Crippen LogP contribution in [0.15, 0.2) is 72.0 Å². The van der Waals surface area contributed by atoms with E-state index in [4.69, 9.17) is 9.47 Å². The van der Waals surface area contributed by atoms with Crippen LogP contribution in [0.25, 0.3) is 0 Å². The zero-order valence-corrected chi connectivity index (χ0v) is 20.1. The Bertz CT molecular complexity index is 1170. The van der Waals surface area contributed by atoms with E-state index >= 15 is 0 Å².